The Morgan fingerprint density at radius 2 is 2.10 bits per heavy atom. The van der Waals surface area contributed by atoms with Gasteiger partial charge in [0.2, 0.25) is 0 Å². The third-order valence-corrected chi connectivity index (χ3v) is 5.09. The lowest BCUT2D eigenvalue weighted by molar-refractivity contribution is 0.0758. The summed E-state index contributed by atoms with van der Waals surface area (Å²) in [7, 11) is 0. The van der Waals surface area contributed by atoms with Crippen LogP contribution in [0.4, 0.5) is 0 Å². The van der Waals surface area contributed by atoms with Crippen LogP contribution in [-0.2, 0) is 0 Å². The standard InChI is InChI=1S/C16H21BrClNO/c1-11(2)12-4-3-8-19(9-7-12)16(20)14-10-13(18)5-6-15(14)17/h5-6,10-12H,3-4,7-9H2,1-2H3. The molecule has 1 aromatic rings. The second-order valence-electron chi connectivity index (χ2n) is 5.85. The molecule has 0 N–H and O–H groups in total. The Morgan fingerprint density at radius 3 is 2.80 bits per heavy atom. The number of likely N-dealkylation sites (tertiary alicyclic amines) is 1. The van der Waals surface area contributed by atoms with Gasteiger partial charge >= 0.3 is 0 Å². The topological polar surface area (TPSA) is 20.3 Å². The predicted molar refractivity (Wildman–Crippen MR) is 87.2 cm³/mol. The van der Waals surface area contributed by atoms with Crippen LogP contribution >= 0.6 is 27.5 Å². The monoisotopic (exact) mass is 357 g/mol. The summed E-state index contributed by atoms with van der Waals surface area (Å²) in [6.45, 7) is 6.24. The lowest BCUT2D eigenvalue weighted by Crippen LogP contribution is -2.32. The van der Waals surface area contributed by atoms with Gasteiger partial charge in [0.05, 0.1) is 5.56 Å². The van der Waals surface area contributed by atoms with Gasteiger partial charge in [-0.3, -0.25) is 4.79 Å². The first-order valence-corrected chi connectivity index (χ1v) is 8.40. The van der Waals surface area contributed by atoms with Crippen LogP contribution in [0.25, 0.3) is 0 Å². The van der Waals surface area contributed by atoms with E-state index in [-0.39, 0.29) is 5.91 Å². The third kappa shape index (κ3) is 3.76. The molecule has 0 radical (unpaired) electrons. The van der Waals surface area contributed by atoms with Crippen molar-refractivity contribution < 1.29 is 4.79 Å². The molecule has 1 fully saturated rings. The highest BCUT2D eigenvalue weighted by Gasteiger charge is 2.24. The highest BCUT2D eigenvalue weighted by Crippen LogP contribution is 2.27. The third-order valence-electron chi connectivity index (χ3n) is 4.16. The molecule has 0 spiro atoms. The van der Waals surface area contributed by atoms with E-state index < -0.39 is 0 Å². The Hall–Kier alpha value is -0.540. The Morgan fingerprint density at radius 1 is 1.35 bits per heavy atom. The molecule has 1 saturated heterocycles. The summed E-state index contributed by atoms with van der Waals surface area (Å²) in [5, 5.41) is 0.603. The van der Waals surface area contributed by atoms with E-state index in [1.165, 1.54) is 6.42 Å². The van der Waals surface area contributed by atoms with Crippen LogP contribution in [0.5, 0.6) is 0 Å². The fourth-order valence-electron chi connectivity index (χ4n) is 2.82. The minimum atomic E-state index is 0.0868. The van der Waals surface area contributed by atoms with Gasteiger partial charge in [-0.05, 0) is 65.2 Å². The number of carbonyl (C=O) groups is 1. The van der Waals surface area contributed by atoms with E-state index in [4.69, 9.17) is 11.6 Å². The maximum Gasteiger partial charge on any atom is 0.255 e. The lowest BCUT2D eigenvalue weighted by Gasteiger charge is -2.22. The summed E-state index contributed by atoms with van der Waals surface area (Å²) in [6, 6.07) is 5.38. The molecule has 1 atom stereocenters. The summed E-state index contributed by atoms with van der Waals surface area (Å²) in [5.41, 5.74) is 0.667. The van der Waals surface area contributed by atoms with Crippen molar-refractivity contribution in [3.8, 4) is 0 Å². The predicted octanol–water partition coefficient (Wildman–Crippen LogP) is 5.00. The van der Waals surface area contributed by atoms with E-state index in [1.807, 2.05) is 11.0 Å². The molecule has 4 heteroatoms. The van der Waals surface area contributed by atoms with Crippen molar-refractivity contribution in [3.63, 3.8) is 0 Å². The molecule has 0 bridgehead atoms. The Bertz CT molecular complexity index is 489. The number of amides is 1. The molecule has 2 rings (SSSR count). The fraction of sp³-hybridized carbons (Fsp3) is 0.562. The molecule has 0 saturated carbocycles. The van der Waals surface area contributed by atoms with Crippen LogP contribution in [0.15, 0.2) is 22.7 Å². The molecule has 1 aromatic carbocycles. The van der Waals surface area contributed by atoms with Crippen molar-refractivity contribution in [2.75, 3.05) is 13.1 Å². The number of nitrogens with zero attached hydrogens (tertiary/aromatic N) is 1. The number of carbonyl (C=O) groups excluding carboxylic acids is 1. The molecule has 2 nitrogen and oxygen atoms in total. The molecule has 1 heterocycles. The zero-order valence-electron chi connectivity index (χ0n) is 12.0. The van der Waals surface area contributed by atoms with Crippen LogP contribution in [0, 0.1) is 11.8 Å². The van der Waals surface area contributed by atoms with Gasteiger partial charge in [-0.25, -0.2) is 0 Å². The Kier molecular flexibility index (Phi) is 5.50. The molecule has 1 aliphatic rings. The number of rotatable bonds is 2. The van der Waals surface area contributed by atoms with Crippen molar-refractivity contribution in [1.82, 2.24) is 4.90 Å². The minimum Gasteiger partial charge on any atom is -0.339 e. The van der Waals surface area contributed by atoms with Crippen molar-refractivity contribution in [2.45, 2.75) is 33.1 Å². The molecule has 0 aliphatic carbocycles. The van der Waals surface area contributed by atoms with Gasteiger partial charge in [-0.1, -0.05) is 25.4 Å². The summed E-state index contributed by atoms with van der Waals surface area (Å²) >= 11 is 9.45. The van der Waals surface area contributed by atoms with E-state index in [1.54, 1.807) is 12.1 Å². The first kappa shape index (κ1) is 15.8. The average molecular weight is 359 g/mol. The van der Waals surface area contributed by atoms with Gasteiger partial charge in [0, 0.05) is 22.6 Å². The minimum absolute atomic E-state index is 0.0868. The first-order valence-electron chi connectivity index (χ1n) is 7.23. The molecule has 20 heavy (non-hydrogen) atoms. The fourth-order valence-corrected chi connectivity index (χ4v) is 3.41. The van der Waals surface area contributed by atoms with Gasteiger partial charge < -0.3 is 4.90 Å². The van der Waals surface area contributed by atoms with Gasteiger partial charge in [0.25, 0.3) is 5.91 Å². The number of hydrogen-bond donors (Lipinski definition) is 0. The van der Waals surface area contributed by atoms with Gasteiger partial charge in [0.15, 0.2) is 0 Å². The highest BCUT2D eigenvalue weighted by atomic mass is 79.9. The molecular weight excluding hydrogens is 338 g/mol. The maximum atomic E-state index is 12.6. The number of hydrogen-bond acceptors (Lipinski definition) is 1. The molecular formula is C16H21BrClNO. The van der Waals surface area contributed by atoms with Gasteiger partial charge in [-0.15, -0.1) is 0 Å². The van der Waals surface area contributed by atoms with Crippen molar-refractivity contribution >= 4 is 33.4 Å². The zero-order valence-corrected chi connectivity index (χ0v) is 14.4. The Balaban J connectivity index is 2.11. The smallest absolute Gasteiger partial charge is 0.255 e. The summed E-state index contributed by atoms with van der Waals surface area (Å²) in [5.74, 6) is 1.52. The molecule has 1 unspecified atom stereocenters. The Labute approximate surface area is 134 Å². The molecule has 0 aromatic heterocycles. The summed E-state index contributed by atoms with van der Waals surface area (Å²) in [6.07, 6.45) is 3.41. The van der Waals surface area contributed by atoms with Crippen molar-refractivity contribution in [1.29, 1.82) is 0 Å². The van der Waals surface area contributed by atoms with Gasteiger partial charge in [-0.2, -0.15) is 0 Å². The SMILES string of the molecule is CC(C)C1CCCN(C(=O)c2cc(Cl)ccc2Br)CC1. The van der Waals surface area contributed by atoms with Crippen LogP contribution in [0.3, 0.4) is 0 Å². The van der Waals surface area contributed by atoms with Crippen LogP contribution < -0.4 is 0 Å². The van der Waals surface area contributed by atoms with Gasteiger partial charge in [0.1, 0.15) is 0 Å². The van der Waals surface area contributed by atoms with E-state index in [2.05, 4.69) is 29.8 Å². The van der Waals surface area contributed by atoms with Crippen molar-refractivity contribution in [3.05, 3.63) is 33.3 Å². The highest BCUT2D eigenvalue weighted by molar-refractivity contribution is 9.10. The number of benzene rings is 1. The maximum absolute atomic E-state index is 12.6. The molecule has 110 valence electrons. The first-order chi connectivity index (χ1) is 9.49. The largest absolute Gasteiger partial charge is 0.339 e. The lowest BCUT2D eigenvalue weighted by atomic mass is 9.89. The van der Waals surface area contributed by atoms with Crippen molar-refractivity contribution in [2.24, 2.45) is 11.8 Å². The van der Waals surface area contributed by atoms with Crippen LogP contribution in [0.1, 0.15) is 43.5 Å². The zero-order chi connectivity index (χ0) is 14.7. The van der Waals surface area contributed by atoms with E-state index in [0.29, 0.717) is 16.5 Å². The second kappa shape index (κ2) is 6.95. The van der Waals surface area contributed by atoms with E-state index >= 15 is 0 Å². The molecule has 1 aliphatic heterocycles. The molecule has 1 amide bonds. The van der Waals surface area contributed by atoms with E-state index in [0.717, 1.165) is 36.3 Å². The summed E-state index contributed by atoms with van der Waals surface area (Å²) < 4.78 is 0.816. The second-order valence-corrected chi connectivity index (χ2v) is 7.14. The normalized spacial score (nSPS) is 20.1. The number of halogens is 2. The van der Waals surface area contributed by atoms with E-state index in [9.17, 15) is 4.79 Å². The van der Waals surface area contributed by atoms with Crippen LogP contribution in [-0.4, -0.2) is 23.9 Å². The average Bonchev–Trinajstić information content (AvgIpc) is 2.66. The van der Waals surface area contributed by atoms with Crippen LogP contribution in [0.2, 0.25) is 5.02 Å². The quantitative estimate of drug-likeness (QED) is 0.728. The summed E-state index contributed by atoms with van der Waals surface area (Å²) in [4.78, 5) is 14.6.